The van der Waals surface area contributed by atoms with Crippen LogP contribution in [-0.4, -0.2) is 35.0 Å². The molecule has 0 fully saturated rings. The molecule has 0 aliphatic rings. The predicted molar refractivity (Wildman–Crippen MR) is 113 cm³/mol. The number of nitrogens with one attached hydrogen (secondary N) is 1. The van der Waals surface area contributed by atoms with Crippen molar-refractivity contribution in [1.29, 1.82) is 0 Å². The molecule has 4 heterocycles. The Hall–Kier alpha value is -3.79. The van der Waals surface area contributed by atoms with Crippen molar-refractivity contribution in [3.05, 3.63) is 69.9 Å². The molecule has 4 aromatic heterocycles. The Labute approximate surface area is 172 Å². The number of aromatic nitrogens is 6. The molecule has 0 unspecified atom stereocenters. The molecule has 0 atom stereocenters. The van der Waals surface area contributed by atoms with Crippen LogP contribution in [0.25, 0.3) is 27.3 Å². The molecule has 0 saturated carbocycles. The lowest BCUT2D eigenvalue weighted by atomic mass is 10.0. The van der Waals surface area contributed by atoms with Gasteiger partial charge in [0.1, 0.15) is 17.8 Å². The molecule has 0 radical (unpaired) electrons. The molecule has 0 aliphatic carbocycles. The summed E-state index contributed by atoms with van der Waals surface area (Å²) in [6.45, 7) is 3.57. The Bertz CT molecular complexity index is 1510. The zero-order chi connectivity index (χ0) is 20.8. The van der Waals surface area contributed by atoms with Crippen molar-refractivity contribution >= 4 is 39.0 Å². The second kappa shape index (κ2) is 6.92. The topological polar surface area (TPSA) is 101 Å². The summed E-state index contributed by atoms with van der Waals surface area (Å²) < 4.78 is 15.5. The van der Waals surface area contributed by atoms with Crippen LogP contribution < -0.4 is 5.56 Å². The molecule has 8 nitrogen and oxygen atoms in total. The Morgan fingerprint density at radius 1 is 1.27 bits per heavy atom. The van der Waals surface area contributed by atoms with E-state index in [9.17, 15) is 9.18 Å². The monoisotopic (exact) mass is 419 g/mol. The maximum absolute atomic E-state index is 14.0. The number of aliphatic imine (C=N–C) groups is 1. The second-order valence-corrected chi connectivity index (χ2v) is 7.48. The molecule has 0 saturated heterocycles. The summed E-state index contributed by atoms with van der Waals surface area (Å²) in [7, 11) is 0. The molecule has 0 spiro atoms. The number of benzene rings is 1. The van der Waals surface area contributed by atoms with Gasteiger partial charge >= 0.3 is 0 Å². The van der Waals surface area contributed by atoms with Crippen LogP contribution in [0.3, 0.4) is 0 Å². The van der Waals surface area contributed by atoms with Gasteiger partial charge in [0, 0.05) is 11.1 Å². The van der Waals surface area contributed by atoms with Crippen molar-refractivity contribution in [2.24, 2.45) is 4.99 Å². The highest BCUT2D eigenvalue weighted by molar-refractivity contribution is 7.15. The first kappa shape index (κ1) is 18.3. The van der Waals surface area contributed by atoms with Gasteiger partial charge in [0.25, 0.3) is 5.56 Å². The number of thiazole rings is 1. The third-order valence-electron chi connectivity index (χ3n) is 4.67. The number of H-pyrrole nitrogens is 1. The minimum absolute atomic E-state index is 0.276. The normalized spacial score (nSPS) is 12.2. The Morgan fingerprint density at radius 2 is 2.13 bits per heavy atom. The first-order valence-corrected chi connectivity index (χ1v) is 9.87. The third-order valence-corrected chi connectivity index (χ3v) is 5.61. The van der Waals surface area contributed by atoms with Crippen LogP contribution in [-0.2, 0) is 0 Å². The number of nitrogens with zero attached hydrogens (tertiary/aromatic N) is 6. The SMILES string of the molecule is C/C(=N\c1ncnc2[nH]cnc12)c1nc2scc(C)n2c(=O)c1-c1cccc(F)c1. The highest BCUT2D eigenvalue weighted by Crippen LogP contribution is 2.25. The highest BCUT2D eigenvalue weighted by Gasteiger charge is 2.20. The molecule has 0 bridgehead atoms. The largest absolute Gasteiger partial charge is 0.329 e. The van der Waals surface area contributed by atoms with Gasteiger partial charge in [0.05, 0.1) is 17.6 Å². The Balaban J connectivity index is 1.80. The van der Waals surface area contributed by atoms with Crippen molar-refractivity contribution in [3.63, 3.8) is 0 Å². The van der Waals surface area contributed by atoms with Crippen LogP contribution in [0.15, 0.2) is 52.1 Å². The molecule has 1 N–H and O–H groups in total. The number of aromatic amines is 1. The maximum atomic E-state index is 14.0. The molecule has 30 heavy (non-hydrogen) atoms. The number of halogens is 1. The second-order valence-electron chi connectivity index (χ2n) is 6.64. The van der Waals surface area contributed by atoms with Crippen LogP contribution in [0, 0.1) is 12.7 Å². The van der Waals surface area contributed by atoms with Gasteiger partial charge in [-0.25, -0.2) is 29.3 Å². The van der Waals surface area contributed by atoms with Gasteiger partial charge < -0.3 is 4.98 Å². The first-order chi connectivity index (χ1) is 14.5. The third kappa shape index (κ3) is 2.89. The number of hydrogen-bond donors (Lipinski definition) is 1. The van der Waals surface area contributed by atoms with Crippen LogP contribution >= 0.6 is 11.3 Å². The van der Waals surface area contributed by atoms with Crippen molar-refractivity contribution in [2.45, 2.75) is 13.8 Å². The molecule has 5 aromatic rings. The lowest BCUT2D eigenvalue weighted by Crippen LogP contribution is -2.21. The van der Waals surface area contributed by atoms with Gasteiger partial charge in [-0.05, 0) is 31.5 Å². The minimum atomic E-state index is -0.436. The number of fused-ring (bicyclic) bond motifs is 2. The van der Waals surface area contributed by atoms with Gasteiger partial charge in [0.2, 0.25) is 0 Å². The van der Waals surface area contributed by atoms with E-state index in [1.165, 1.54) is 40.5 Å². The number of imidazole rings is 1. The number of aryl methyl sites for hydroxylation is 1. The van der Waals surface area contributed by atoms with Crippen LogP contribution in [0.4, 0.5) is 10.2 Å². The van der Waals surface area contributed by atoms with Crippen LogP contribution in [0.2, 0.25) is 0 Å². The molecule has 1 aromatic carbocycles. The summed E-state index contributed by atoms with van der Waals surface area (Å²) >= 11 is 1.36. The molecular weight excluding hydrogens is 405 g/mol. The fourth-order valence-corrected chi connectivity index (χ4v) is 4.15. The fraction of sp³-hybridized carbons (Fsp3) is 0.100. The lowest BCUT2D eigenvalue weighted by Gasteiger charge is -2.10. The molecule has 148 valence electrons. The van der Waals surface area contributed by atoms with E-state index in [-0.39, 0.29) is 11.1 Å². The zero-order valence-corrected chi connectivity index (χ0v) is 16.7. The van der Waals surface area contributed by atoms with Gasteiger partial charge in [-0.15, -0.1) is 11.3 Å². The minimum Gasteiger partial charge on any atom is -0.329 e. The Morgan fingerprint density at radius 3 is 2.97 bits per heavy atom. The smallest absolute Gasteiger partial charge is 0.267 e. The van der Waals surface area contributed by atoms with E-state index in [0.717, 1.165) is 5.69 Å². The van der Waals surface area contributed by atoms with E-state index in [0.29, 0.717) is 38.9 Å². The van der Waals surface area contributed by atoms with Crippen molar-refractivity contribution in [2.75, 3.05) is 0 Å². The quantitative estimate of drug-likeness (QED) is 0.450. The number of rotatable bonds is 3. The molecular formula is C20H14FN7OS. The number of hydrogen-bond acceptors (Lipinski definition) is 7. The van der Waals surface area contributed by atoms with Crippen molar-refractivity contribution in [1.82, 2.24) is 29.3 Å². The van der Waals surface area contributed by atoms with Gasteiger partial charge in [-0.1, -0.05) is 12.1 Å². The van der Waals surface area contributed by atoms with Crippen molar-refractivity contribution < 1.29 is 4.39 Å². The van der Waals surface area contributed by atoms with E-state index in [2.05, 4.69) is 29.9 Å². The van der Waals surface area contributed by atoms with Gasteiger partial charge in [0.15, 0.2) is 21.9 Å². The summed E-state index contributed by atoms with van der Waals surface area (Å²) in [5.41, 5.74) is 3.10. The molecule has 5 rings (SSSR count). The van der Waals surface area contributed by atoms with Crippen molar-refractivity contribution in [3.8, 4) is 11.1 Å². The zero-order valence-electron chi connectivity index (χ0n) is 15.9. The first-order valence-electron chi connectivity index (χ1n) is 8.99. The predicted octanol–water partition coefficient (Wildman–Crippen LogP) is 3.68. The summed E-state index contributed by atoms with van der Waals surface area (Å²) in [6.07, 6.45) is 2.89. The molecule has 0 amide bonds. The van der Waals surface area contributed by atoms with Crippen LogP contribution in [0.1, 0.15) is 18.3 Å². The molecule has 0 aliphatic heterocycles. The van der Waals surface area contributed by atoms with Crippen LogP contribution in [0.5, 0.6) is 0 Å². The van der Waals surface area contributed by atoms with E-state index < -0.39 is 5.82 Å². The maximum Gasteiger partial charge on any atom is 0.267 e. The van der Waals surface area contributed by atoms with Gasteiger partial charge in [-0.3, -0.25) is 9.20 Å². The summed E-state index contributed by atoms with van der Waals surface area (Å²) in [5.74, 6) is -0.0816. The van der Waals surface area contributed by atoms with Gasteiger partial charge in [-0.2, -0.15) is 0 Å². The van der Waals surface area contributed by atoms with E-state index >= 15 is 0 Å². The lowest BCUT2D eigenvalue weighted by molar-refractivity contribution is 0.628. The van der Waals surface area contributed by atoms with E-state index in [1.807, 2.05) is 12.3 Å². The molecule has 10 heteroatoms. The average molecular weight is 419 g/mol. The van der Waals surface area contributed by atoms with E-state index in [4.69, 9.17) is 0 Å². The standard InChI is InChI=1S/C20H14FN7OS/c1-10-7-30-20-27-15(11(2)26-18-16-17(23-8-22-16)24-9-25-18)14(19(29)28(10)20)12-4-3-5-13(21)6-12/h3-9H,1-2H3,(H,22,23,24,25)/b26-11+. The summed E-state index contributed by atoms with van der Waals surface area (Å²) in [5, 5.41) is 1.85. The average Bonchev–Trinajstić information content (AvgIpc) is 3.35. The van der Waals surface area contributed by atoms with E-state index in [1.54, 1.807) is 19.1 Å². The summed E-state index contributed by atoms with van der Waals surface area (Å²) in [4.78, 5) is 38.6. The highest BCUT2D eigenvalue weighted by atomic mass is 32.1. The summed E-state index contributed by atoms with van der Waals surface area (Å²) in [6, 6.07) is 5.90. The fourth-order valence-electron chi connectivity index (χ4n) is 3.29. The Kier molecular flexibility index (Phi) is 4.21.